The van der Waals surface area contributed by atoms with Crippen molar-refractivity contribution >= 4 is 11.6 Å². The lowest BCUT2D eigenvalue weighted by Gasteiger charge is -2.13. The smallest absolute Gasteiger partial charge is 0.241 e. The highest BCUT2D eigenvalue weighted by atomic mass is 19.1. The van der Waals surface area contributed by atoms with Gasteiger partial charge in [0.2, 0.25) is 5.91 Å². The van der Waals surface area contributed by atoms with Gasteiger partial charge in [-0.05, 0) is 11.6 Å². The van der Waals surface area contributed by atoms with Crippen LogP contribution in [0.3, 0.4) is 0 Å². The summed E-state index contributed by atoms with van der Waals surface area (Å²) in [7, 11) is 1.42. The van der Waals surface area contributed by atoms with Gasteiger partial charge in [0.1, 0.15) is 11.6 Å². The van der Waals surface area contributed by atoms with Crippen LogP contribution in [0, 0.1) is 5.82 Å². The number of amides is 1. The zero-order valence-electron chi connectivity index (χ0n) is 12.0. The van der Waals surface area contributed by atoms with E-state index in [0.29, 0.717) is 17.0 Å². The van der Waals surface area contributed by atoms with Crippen LogP contribution in [0.2, 0.25) is 0 Å². The Kier molecular flexibility index (Phi) is 5.32. The molecule has 2 rings (SSSR count). The lowest BCUT2D eigenvalue weighted by Crippen LogP contribution is -2.30. The number of methoxy groups -OCH3 is 1. The number of hydrazine groups is 1. The minimum absolute atomic E-state index is 0.108. The van der Waals surface area contributed by atoms with Crippen molar-refractivity contribution in [1.29, 1.82) is 0 Å². The van der Waals surface area contributed by atoms with E-state index in [1.165, 1.54) is 25.3 Å². The van der Waals surface area contributed by atoms with Crippen LogP contribution in [0.5, 0.6) is 5.75 Å². The monoisotopic (exact) mass is 304 g/mol. The predicted molar refractivity (Wildman–Crippen MR) is 80.7 cm³/mol. The number of rotatable bonds is 6. The molecule has 0 heterocycles. The van der Waals surface area contributed by atoms with E-state index in [0.717, 1.165) is 0 Å². The highest BCUT2D eigenvalue weighted by molar-refractivity contribution is 5.78. The van der Waals surface area contributed by atoms with E-state index in [-0.39, 0.29) is 6.42 Å². The van der Waals surface area contributed by atoms with Crippen molar-refractivity contribution in [3.63, 3.8) is 0 Å². The summed E-state index contributed by atoms with van der Waals surface area (Å²) in [6.07, 6.45) is -1.01. The Labute approximate surface area is 127 Å². The van der Waals surface area contributed by atoms with Crippen molar-refractivity contribution in [2.75, 3.05) is 12.5 Å². The molecule has 0 radical (unpaired) electrons. The molecule has 0 aliphatic rings. The molecule has 116 valence electrons. The van der Waals surface area contributed by atoms with Crippen molar-refractivity contribution in [1.82, 2.24) is 5.43 Å². The van der Waals surface area contributed by atoms with Gasteiger partial charge in [-0.3, -0.25) is 15.6 Å². The summed E-state index contributed by atoms with van der Waals surface area (Å²) in [6, 6.07) is 12.9. The third-order valence-corrected chi connectivity index (χ3v) is 3.02. The molecule has 0 saturated carbocycles. The van der Waals surface area contributed by atoms with Crippen molar-refractivity contribution < 1.29 is 19.0 Å². The van der Waals surface area contributed by atoms with Gasteiger partial charge in [0, 0.05) is 12.1 Å². The van der Waals surface area contributed by atoms with Crippen LogP contribution in [-0.2, 0) is 4.79 Å². The normalized spacial score (nSPS) is 11.6. The summed E-state index contributed by atoms with van der Waals surface area (Å²) in [5, 5.41) is 9.95. The number of carbonyl (C=O) groups excluding carboxylic acids is 1. The number of hydrogen-bond acceptors (Lipinski definition) is 4. The third kappa shape index (κ3) is 4.46. The largest absolute Gasteiger partial charge is 0.497 e. The summed E-state index contributed by atoms with van der Waals surface area (Å²) >= 11 is 0. The first-order chi connectivity index (χ1) is 10.6. The molecule has 0 spiro atoms. The van der Waals surface area contributed by atoms with E-state index in [1.807, 2.05) is 6.07 Å². The maximum atomic E-state index is 13.3. The number of aliphatic hydroxyl groups excluding tert-OH is 1. The first-order valence-electron chi connectivity index (χ1n) is 6.71. The average Bonchev–Trinajstić information content (AvgIpc) is 2.53. The fourth-order valence-electron chi connectivity index (χ4n) is 1.91. The number of carbonyl (C=O) groups is 1. The average molecular weight is 304 g/mol. The Balaban J connectivity index is 1.89. The molecule has 22 heavy (non-hydrogen) atoms. The Morgan fingerprint density at radius 1 is 1.27 bits per heavy atom. The van der Waals surface area contributed by atoms with Crippen molar-refractivity contribution in [3.05, 3.63) is 59.9 Å². The van der Waals surface area contributed by atoms with Gasteiger partial charge >= 0.3 is 0 Å². The van der Waals surface area contributed by atoms with E-state index >= 15 is 0 Å². The molecule has 0 aliphatic carbocycles. The number of ether oxygens (including phenoxy) is 1. The second-order valence-electron chi connectivity index (χ2n) is 4.68. The predicted octanol–water partition coefficient (Wildman–Crippen LogP) is 2.40. The number of halogens is 1. The molecule has 3 N–H and O–H groups in total. The van der Waals surface area contributed by atoms with Gasteiger partial charge in [0.15, 0.2) is 0 Å². The maximum Gasteiger partial charge on any atom is 0.241 e. The molecular formula is C16H17FN2O3. The Morgan fingerprint density at radius 2 is 2.00 bits per heavy atom. The van der Waals surface area contributed by atoms with Gasteiger partial charge in [0.25, 0.3) is 0 Å². The Bertz CT molecular complexity index is 635. The van der Waals surface area contributed by atoms with E-state index < -0.39 is 17.8 Å². The topological polar surface area (TPSA) is 70.6 Å². The number of hydrogen-bond donors (Lipinski definition) is 3. The second kappa shape index (κ2) is 7.42. The fraction of sp³-hybridized carbons (Fsp3) is 0.188. The maximum absolute atomic E-state index is 13.3. The molecule has 1 unspecified atom stereocenters. The molecular weight excluding hydrogens is 287 g/mol. The summed E-state index contributed by atoms with van der Waals surface area (Å²) in [6.45, 7) is 0. The van der Waals surface area contributed by atoms with Crippen molar-refractivity contribution in [2.45, 2.75) is 12.5 Å². The van der Waals surface area contributed by atoms with Crippen LogP contribution in [0.1, 0.15) is 18.1 Å². The second-order valence-corrected chi connectivity index (χ2v) is 4.68. The molecule has 0 aromatic heterocycles. The van der Waals surface area contributed by atoms with Crippen LogP contribution in [0.15, 0.2) is 48.5 Å². The molecule has 1 amide bonds. The highest BCUT2D eigenvalue weighted by Crippen LogP contribution is 2.19. The highest BCUT2D eigenvalue weighted by Gasteiger charge is 2.12. The zero-order valence-corrected chi connectivity index (χ0v) is 12.0. The SMILES string of the molecule is COc1cc(F)cc(NNC(=O)CC(O)c2ccccc2)c1. The van der Waals surface area contributed by atoms with E-state index in [4.69, 9.17) is 4.74 Å². The quantitative estimate of drug-likeness (QED) is 0.717. The molecule has 5 nitrogen and oxygen atoms in total. The summed E-state index contributed by atoms with van der Waals surface area (Å²) in [5.41, 5.74) is 6.00. The first-order valence-corrected chi connectivity index (χ1v) is 6.71. The molecule has 0 fully saturated rings. The summed E-state index contributed by atoms with van der Waals surface area (Å²) in [5.74, 6) is -0.568. The van der Waals surface area contributed by atoms with Gasteiger partial charge < -0.3 is 9.84 Å². The van der Waals surface area contributed by atoms with Gasteiger partial charge in [-0.15, -0.1) is 0 Å². The third-order valence-electron chi connectivity index (χ3n) is 3.02. The van der Waals surface area contributed by atoms with E-state index in [9.17, 15) is 14.3 Å². The van der Waals surface area contributed by atoms with Crippen molar-refractivity contribution in [2.24, 2.45) is 0 Å². The van der Waals surface area contributed by atoms with Gasteiger partial charge in [-0.1, -0.05) is 30.3 Å². The van der Waals surface area contributed by atoms with Gasteiger partial charge in [0.05, 0.1) is 25.3 Å². The van der Waals surface area contributed by atoms with E-state index in [1.54, 1.807) is 24.3 Å². The number of benzene rings is 2. The Hall–Kier alpha value is -2.60. The van der Waals surface area contributed by atoms with E-state index in [2.05, 4.69) is 10.9 Å². The fourth-order valence-corrected chi connectivity index (χ4v) is 1.91. The molecule has 6 heteroatoms. The number of nitrogens with one attached hydrogen (secondary N) is 2. The van der Waals surface area contributed by atoms with Crippen LogP contribution in [0.25, 0.3) is 0 Å². The van der Waals surface area contributed by atoms with Crippen molar-refractivity contribution in [3.8, 4) is 5.75 Å². The van der Waals surface area contributed by atoms with Crippen LogP contribution in [-0.4, -0.2) is 18.1 Å². The summed E-state index contributed by atoms with van der Waals surface area (Å²) < 4.78 is 18.2. The van der Waals surface area contributed by atoms with Crippen LogP contribution >= 0.6 is 0 Å². The number of aliphatic hydroxyl groups is 1. The molecule has 1 atom stereocenters. The summed E-state index contributed by atoms with van der Waals surface area (Å²) in [4.78, 5) is 11.8. The minimum Gasteiger partial charge on any atom is -0.497 e. The lowest BCUT2D eigenvalue weighted by molar-refractivity contribution is -0.122. The molecule has 0 saturated heterocycles. The Morgan fingerprint density at radius 3 is 2.68 bits per heavy atom. The first kappa shape index (κ1) is 15.8. The number of anilines is 1. The van der Waals surface area contributed by atoms with Crippen LogP contribution in [0.4, 0.5) is 10.1 Å². The standard InChI is InChI=1S/C16H17FN2O3/c1-22-14-8-12(17)7-13(9-14)18-19-16(21)10-15(20)11-5-3-2-4-6-11/h2-9,15,18,20H,10H2,1H3,(H,19,21). The molecule has 0 aliphatic heterocycles. The van der Waals surface area contributed by atoms with Gasteiger partial charge in [-0.25, -0.2) is 4.39 Å². The zero-order chi connectivity index (χ0) is 15.9. The minimum atomic E-state index is -0.898. The van der Waals surface area contributed by atoms with Crippen LogP contribution < -0.4 is 15.6 Å². The lowest BCUT2D eigenvalue weighted by atomic mass is 10.1. The van der Waals surface area contributed by atoms with Gasteiger partial charge in [-0.2, -0.15) is 0 Å². The molecule has 2 aromatic rings. The molecule has 0 bridgehead atoms. The molecule has 2 aromatic carbocycles.